The summed E-state index contributed by atoms with van der Waals surface area (Å²) in [6, 6.07) is 7.82. The predicted molar refractivity (Wildman–Crippen MR) is 70.5 cm³/mol. The van der Waals surface area contributed by atoms with E-state index in [1.165, 1.54) is 0 Å². The molecule has 1 aromatic carbocycles. The summed E-state index contributed by atoms with van der Waals surface area (Å²) in [6.45, 7) is 2.06. The number of imidazole rings is 1. The Kier molecular flexibility index (Phi) is 2.44. The third-order valence-electron chi connectivity index (χ3n) is 2.86. The summed E-state index contributed by atoms with van der Waals surface area (Å²) in [6.07, 6.45) is 4.50. The number of nitrogens with zero attached hydrogens (tertiary/aromatic N) is 4. The van der Waals surface area contributed by atoms with Crippen molar-refractivity contribution >= 4 is 16.9 Å². The Morgan fingerprint density at radius 3 is 2.89 bits per heavy atom. The van der Waals surface area contributed by atoms with Crippen LogP contribution in [0.1, 0.15) is 12.7 Å². The maximum atomic E-state index is 5.77. The number of fused-ring (bicyclic) bond motifs is 1. The smallest absolute Gasteiger partial charge is 0.222 e. The average Bonchev–Trinajstić information content (AvgIpc) is 2.85. The van der Waals surface area contributed by atoms with Crippen molar-refractivity contribution in [1.29, 1.82) is 0 Å². The van der Waals surface area contributed by atoms with Gasteiger partial charge < -0.3 is 5.73 Å². The van der Waals surface area contributed by atoms with Gasteiger partial charge in [-0.25, -0.2) is 9.97 Å². The summed E-state index contributed by atoms with van der Waals surface area (Å²) in [5.74, 6) is 2.02. The van der Waals surface area contributed by atoms with Crippen LogP contribution in [0.15, 0.2) is 36.7 Å². The minimum Gasteiger partial charge on any atom is -0.368 e. The van der Waals surface area contributed by atoms with Crippen molar-refractivity contribution in [1.82, 2.24) is 19.5 Å². The highest BCUT2D eigenvalue weighted by Gasteiger charge is 2.10. The topological polar surface area (TPSA) is 69.6 Å². The van der Waals surface area contributed by atoms with E-state index >= 15 is 0 Å². The Hall–Kier alpha value is -2.43. The first-order valence-corrected chi connectivity index (χ1v) is 5.84. The van der Waals surface area contributed by atoms with Crippen LogP contribution in [-0.2, 0) is 6.42 Å². The fourth-order valence-electron chi connectivity index (χ4n) is 2.05. The van der Waals surface area contributed by atoms with Gasteiger partial charge in [0.15, 0.2) is 5.82 Å². The zero-order valence-corrected chi connectivity index (χ0v) is 10.0. The highest BCUT2D eigenvalue weighted by Crippen LogP contribution is 2.21. The van der Waals surface area contributed by atoms with E-state index in [1.54, 1.807) is 6.20 Å². The SMILES string of the molecule is CCc1nccn1-c1nc(N)nc2ccccc12. The lowest BCUT2D eigenvalue weighted by atomic mass is 10.2. The van der Waals surface area contributed by atoms with Gasteiger partial charge in [0.25, 0.3) is 0 Å². The maximum Gasteiger partial charge on any atom is 0.222 e. The normalized spacial score (nSPS) is 10.9. The van der Waals surface area contributed by atoms with Crippen molar-refractivity contribution in [2.45, 2.75) is 13.3 Å². The van der Waals surface area contributed by atoms with Crippen molar-refractivity contribution in [3.05, 3.63) is 42.5 Å². The molecule has 0 spiro atoms. The van der Waals surface area contributed by atoms with Gasteiger partial charge >= 0.3 is 0 Å². The number of nitrogen functional groups attached to an aromatic ring is 1. The summed E-state index contributed by atoms with van der Waals surface area (Å²) in [5, 5.41) is 0.972. The van der Waals surface area contributed by atoms with Crippen molar-refractivity contribution in [2.75, 3.05) is 5.73 Å². The lowest BCUT2D eigenvalue weighted by Crippen LogP contribution is -2.06. The van der Waals surface area contributed by atoms with Crippen molar-refractivity contribution in [3.63, 3.8) is 0 Å². The van der Waals surface area contributed by atoms with Gasteiger partial charge in [-0.3, -0.25) is 4.57 Å². The predicted octanol–water partition coefficient (Wildman–Crippen LogP) is 1.96. The molecule has 0 fully saturated rings. The molecule has 0 aliphatic rings. The van der Waals surface area contributed by atoms with Crippen LogP contribution in [-0.4, -0.2) is 19.5 Å². The van der Waals surface area contributed by atoms with Gasteiger partial charge in [-0.2, -0.15) is 4.98 Å². The van der Waals surface area contributed by atoms with Gasteiger partial charge in [-0.1, -0.05) is 19.1 Å². The fourth-order valence-corrected chi connectivity index (χ4v) is 2.05. The van der Waals surface area contributed by atoms with Gasteiger partial charge in [0.05, 0.1) is 5.52 Å². The quantitative estimate of drug-likeness (QED) is 0.742. The minimum atomic E-state index is 0.277. The van der Waals surface area contributed by atoms with Crippen LogP contribution in [0.2, 0.25) is 0 Å². The van der Waals surface area contributed by atoms with Crippen LogP contribution < -0.4 is 5.73 Å². The molecule has 0 amide bonds. The number of hydrogen-bond donors (Lipinski definition) is 1. The molecule has 3 rings (SSSR count). The molecule has 2 N–H and O–H groups in total. The van der Waals surface area contributed by atoms with E-state index in [0.29, 0.717) is 0 Å². The largest absolute Gasteiger partial charge is 0.368 e. The third-order valence-corrected chi connectivity index (χ3v) is 2.86. The number of aromatic nitrogens is 4. The second kappa shape index (κ2) is 4.10. The first kappa shape index (κ1) is 10.7. The minimum absolute atomic E-state index is 0.277. The molecule has 3 aromatic rings. The van der Waals surface area contributed by atoms with Crippen LogP contribution in [0.5, 0.6) is 0 Å². The molecule has 0 bridgehead atoms. The van der Waals surface area contributed by atoms with E-state index in [4.69, 9.17) is 5.73 Å². The summed E-state index contributed by atoms with van der Waals surface area (Å²) in [5.41, 5.74) is 6.61. The number of para-hydroxylation sites is 1. The van der Waals surface area contributed by atoms with Crippen LogP contribution in [0.25, 0.3) is 16.7 Å². The van der Waals surface area contributed by atoms with Crippen molar-refractivity contribution < 1.29 is 0 Å². The van der Waals surface area contributed by atoms with E-state index in [0.717, 1.165) is 29.0 Å². The molecule has 2 aromatic heterocycles. The Morgan fingerprint density at radius 1 is 1.22 bits per heavy atom. The Labute approximate surface area is 104 Å². The summed E-state index contributed by atoms with van der Waals surface area (Å²) in [7, 11) is 0. The number of benzene rings is 1. The molecular formula is C13H13N5. The Bertz CT molecular complexity index is 701. The molecular weight excluding hydrogens is 226 g/mol. The summed E-state index contributed by atoms with van der Waals surface area (Å²) >= 11 is 0. The third kappa shape index (κ3) is 1.60. The van der Waals surface area contributed by atoms with Crippen LogP contribution in [0.3, 0.4) is 0 Å². The van der Waals surface area contributed by atoms with Crippen molar-refractivity contribution in [3.8, 4) is 5.82 Å². The van der Waals surface area contributed by atoms with Gasteiger partial charge in [0.2, 0.25) is 5.95 Å². The molecule has 5 nitrogen and oxygen atoms in total. The molecule has 5 heteroatoms. The Morgan fingerprint density at radius 2 is 2.06 bits per heavy atom. The summed E-state index contributed by atoms with van der Waals surface area (Å²) < 4.78 is 1.96. The van der Waals surface area contributed by atoms with Gasteiger partial charge in [-0.15, -0.1) is 0 Å². The Balaban J connectivity index is 2.34. The van der Waals surface area contributed by atoms with Gasteiger partial charge in [0, 0.05) is 24.2 Å². The van der Waals surface area contributed by atoms with Crippen molar-refractivity contribution in [2.24, 2.45) is 0 Å². The highest BCUT2D eigenvalue weighted by atomic mass is 15.2. The molecule has 18 heavy (non-hydrogen) atoms. The fraction of sp³-hybridized carbons (Fsp3) is 0.154. The molecule has 0 aliphatic carbocycles. The van der Waals surface area contributed by atoms with Crippen LogP contribution in [0.4, 0.5) is 5.95 Å². The lowest BCUT2D eigenvalue weighted by molar-refractivity contribution is 0.872. The first-order valence-electron chi connectivity index (χ1n) is 5.84. The van der Waals surface area contributed by atoms with Crippen LogP contribution in [0, 0.1) is 0 Å². The zero-order chi connectivity index (χ0) is 12.5. The number of aryl methyl sites for hydroxylation is 1. The van der Waals surface area contributed by atoms with E-state index < -0.39 is 0 Å². The zero-order valence-electron chi connectivity index (χ0n) is 10.0. The van der Waals surface area contributed by atoms with Gasteiger partial charge in [0.1, 0.15) is 5.82 Å². The monoisotopic (exact) mass is 239 g/mol. The standard InChI is InChI=1S/C13H13N5/c1-2-11-15-7-8-18(11)12-9-5-3-4-6-10(9)16-13(14)17-12/h3-8H,2H2,1H3,(H2,14,16,17). The molecule has 0 aliphatic heterocycles. The number of anilines is 1. The molecule has 0 saturated heterocycles. The lowest BCUT2D eigenvalue weighted by Gasteiger charge is -2.09. The van der Waals surface area contributed by atoms with E-state index in [-0.39, 0.29) is 5.95 Å². The first-order chi connectivity index (χ1) is 8.79. The molecule has 0 atom stereocenters. The second-order valence-electron chi connectivity index (χ2n) is 3.99. The molecule has 0 unspecified atom stereocenters. The summed E-state index contributed by atoms with van der Waals surface area (Å²) in [4.78, 5) is 12.9. The number of rotatable bonds is 2. The molecule has 90 valence electrons. The number of hydrogen-bond acceptors (Lipinski definition) is 4. The van der Waals surface area contributed by atoms with E-state index in [1.807, 2.05) is 35.0 Å². The molecule has 2 heterocycles. The highest BCUT2D eigenvalue weighted by molar-refractivity contribution is 5.86. The molecule has 0 saturated carbocycles. The molecule has 0 radical (unpaired) electrons. The van der Waals surface area contributed by atoms with Gasteiger partial charge in [-0.05, 0) is 12.1 Å². The van der Waals surface area contributed by atoms with E-state index in [9.17, 15) is 0 Å². The average molecular weight is 239 g/mol. The second-order valence-corrected chi connectivity index (χ2v) is 3.99. The van der Waals surface area contributed by atoms with E-state index in [2.05, 4.69) is 21.9 Å². The van der Waals surface area contributed by atoms with Crippen LogP contribution >= 0.6 is 0 Å². The number of nitrogens with two attached hydrogens (primary N) is 1. The maximum absolute atomic E-state index is 5.77.